The van der Waals surface area contributed by atoms with Crippen molar-refractivity contribution in [2.45, 2.75) is 41.8 Å². The summed E-state index contributed by atoms with van der Waals surface area (Å²) >= 11 is 0. The number of aliphatic hydroxyl groups is 5. The van der Waals surface area contributed by atoms with Gasteiger partial charge in [0.15, 0.2) is 5.60 Å². The van der Waals surface area contributed by atoms with Gasteiger partial charge in [-0.15, -0.1) is 0 Å². The molecule has 0 aliphatic carbocycles. The zero-order valence-corrected chi connectivity index (χ0v) is 14.0. The van der Waals surface area contributed by atoms with Crippen LogP contribution in [0.5, 0.6) is 0 Å². The van der Waals surface area contributed by atoms with Crippen LogP contribution in [0.3, 0.4) is 0 Å². The topological polar surface area (TPSA) is 183 Å². The zero-order valence-electron chi connectivity index (χ0n) is 14.0. The third-order valence-corrected chi connectivity index (χ3v) is 4.70. The maximum Gasteiger partial charge on any atom is 0.368 e. The quantitative estimate of drug-likeness (QED) is 0.273. The predicted molar refractivity (Wildman–Crippen MR) is 85.7 cm³/mol. The maximum atomic E-state index is 11.9. The zero-order chi connectivity index (χ0) is 19.7. The summed E-state index contributed by atoms with van der Waals surface area (Å²) in [7, 11) is 1.07. The molecular weight excluding hydrogens is 350 g/mol. The normalized spacial score (nSPS) is 37.1. The van der Waals surface area contributed by atoms with E-state index in [4.69, 9.17) is 20.3 Å². The first-order valence-electron chi connectivity index (χ1n) is 7.82. The summed E-state index contributed by atoms with van der Waals surface area (Å²) in [6.45, 7) is -0.872. The van der Waals surface area contributed by atoms with Crippen molar-refractivity contribution in [1.82, 2.24) is 0 Å². The average Bonchev–Trinajstić information content (AvgIpc) is 2.65. The third kappa shape index (κ3) is 2.90. The van der Waals surface area contributed by atoms with Crippen LogP contribution in [0, 0.1) is 0 Å². The number of hydrogen-bond acceptors (Lipinski definition) is 9. The summed E-state index contributed by atoms with van der Waals surface area (Å²) in [4.78, 5) is 11.9. The molecular formula is C16H23NO9. The Morgan fingerprint density at radius 2 is 1.92 bits per heavy atom. The van der Waals surface area contributed by atoms with Crippen molar-refractivity contribution in [3.05, 3.63) is 35.9 Å². The van der Waals surface area contributed by atoms with E-state index in [1.54, 1.807) is 6.07 Å². The molecule has 1 fully saturated rings. The second kappa shape index (κ2) is 7.55. The Morgan fingerprint density at radius 3 is 2.38 bits per heavy atom. The lowest BCUT2D eigenvalue weighted by molar-refractivity contribution is -0.378. The minimum absolute atomic E-state index is 0.0750. The van der Waals surface area contributed by atoms with Crippen molar-refractivity contribution in [2.75, 3.05) is 13.7 Å². The molecule has 0 bridgehead atoms. The molecule has 1 aromatic rings. The number of aliphatic hydroxyl groups excluding tert-OH is 4. The van der Waals surface area contributed by atoms with Crippen LogP contribution in [0.25, 0.3) is 0 Å². The standard InChI is InChI=1S/C16H23NO9/c1-25-15(8-5-3-2-4-6-8)13(21)10(17)12(11(20)9(19)7-18)26-16(15,24)14(22)23/h2-6,9-13,18-21,24H,7,17H2,1H3,(H,22,23)/t9-,10+,11-,12-,13-,15?,16?/m1/s1. The second-order valence-electron chi connectivity index (χ2n) is 6.10. The largest absolute Gasteiger partial charge is 0.477 e. The molecule has 2 rings (SSSR count). The van der Waals surface area contributed by atoms with Crippen LogP contribution >= 0.6 is 0 Å². The van der Waals surface area contributed by atoms with E-state index in [1.165, 1.54) is 24.3 Å². The summed E-state index contributed by atoms with van der Waals surface area (Å²) in [5.41, 5.74) is 3.67. The number of ether oxygens (including phenoxy) is 2. The number of benzene rings is 1. The molecule has 10 heteroatoms. The smallest absolute Gasteiger partial charge is 0.368 e. The van der Waals surface area contributed by atoms with Gasteiger partial charge in [-0.05, 0) is 5.56 Å². The van der Waals surface area contributed by atoms with Crippen LogP contribution in [0.2, 0.25) is 0 Å². The Kier molecular flexibility index (Phi) is 6.00. The summed E-state index contributed by atoms with van der Waals surface area (Å²) in [5, 5.41) is 60.0. The molecule has 0 amide bonds. The fourth-order valence-corrected chi connectivity index (χ4v) is 3.28. The fraction of sp³-hybridized carbons (Fsp3) is 0.562. The van der Waals surface area contributed by atoms with Crippen molar-refractivity contribution in [1.29, 1.82) is 0 Å². The van der Waals surface area contributed by atoms with E-state index in [0.29, 0.717) is 0 Å². The van der Waals surface area contributed by atoms with Gasteiger partial charge >= 0.3 is 11.8 Å². The minimum atomic E-state index is -3.15. The average molecular weight is 373 g/mol. The lowest BCUT2D eigenvalue weighted by Gasteiger charge is -2.54. The highest BCUT2D eigenvalue weighted by Gasteiger charge is 2.70. The van der Waals surface area contributed by atoms with Gasteiger partial charge in [0.25, 0.3) is 0 Å². The molecule has 1 heterocycles. The highest BCUT2D eigenvalue weighted by Crippen LogP contribution is 2.47. The molecule has 0 radical (unpaired) electrons. The molecule has 1 aliphatic heterocycles. The first-order valence-corrected chi connectivity index (χ1v) is 7.82. The molecule has 1 aliphatic rings. The van der Waals surface area contributed by atoms with Crippen molar-refractivity contribution in [3.8, 4) is 0 Å². The van der Waals surface area contributed by atoms with Crippen LogP contribution in [0.4, 0.5) is 0 Å². The second-order valence-corrected chi connectivity index (χ2v) is 6.10. The van der Waals surface area contributed by atoms with E-state index in [0.717, 1.165) is 7.11 Å². The van der Waals surface area contributed by atoms with E-state index in [9.17, 15) is 30.3 Å². The maximum absolute atomic E-state index is 11.9. The first kappa shape index (κ1) is 20.7. The SMILES string of the molecule is COC1(c2ccccc2)[C@H](O)[C@@H](N)[C@H]([C@H](O)[C@H](O)CO)OC1(O)C(=O)O. The molecule has 10 nitrogen and oxygen atoms in total. The van der Waals surface area contributed by atoms with Gasteiger partial charge in [0, 0.05) is 7.11 Å². The molecule has 0 spiro atoms. The van der Waals surface area contributed by atoms with Crippen LogP contribution in [-0.2, 0) is 19.9 Å². The molecule has 1 saturated heterocycles. The van der Waals surface area contributed by atoms with Crippen LogP contribution < -0.4 is 5.73 Å². The van der Waals surface area contributed by atoms with Crippen molar-refractivity contribution in [2.24, 2.45) is 5.73 Å². The summed E-state index contributed by atoms with van der Waals surface area (Å²) in [6, 6.07) is 6.06. The third-order valence-electron chi connectivity index (χ3n) is 4.70. The Bertz CT molecular complexity index is 629. The van der Waals surface area contributed by atoms with Crippen molar-refractivity contribution >= 4 is 5.97 Å². The molecule has 146 valence electrons. The van der Waals surface area contributed by atoms with Crippen LogP contribution in [-0.4, -0.2) is 86.6 Å². The van der Waals surface area contributed by atoms with E-state index in [1.807, 2.05) is 0 Å². The number of hydrogen-bond donors (Lipinski definition) is 7. The van der Waals surface area contributed by atoms with Gasteiger partial charge in [-0.2, -0.15) is 0 Å². The van der Waals surface area contributed by atoms with Gasteiger partial charge in [-0.1, -0.05) is 30.3 Å². The Morgan fingerprint density at radius 1 is 1.35 bits per heavy atom. The molecule has 26 heavy (non-hydrogen) atoms. The number of rotatable bonds is 6. The lowest BCUT2D eigenvalue weighted by atomic mass is 9.73. The summed E-state index contributed by atoms with van der Waals surface area (Å²) in [5.74, 6) is -5.05. The van der Waals surface area contributed by atoms with Crippen LogP contribution in [0.15, 0.2) is 30.3 Å². The molecule has 1 aromatic carbocycles. The minimum Gasteiger partial charge on any atom is -0.477 e. The number of carbonyl (C=O) groups is 1. The lowest BCUT2D eigenvalue weighted by Crippen LogP contribution is -2.77. The predicted octanol–water partition coefficient (Wildman–Crippen LogP) is -2.90. The number of aliphatic carboxylic acids is 1. The first-order chi connectivity index (χ1) is 12.2. The van der Waals surface area contributed by atoms with Gasteiger partial charge in [0.2, 0.25) is 0 Å². The van der Waals surface area contributed by atoms with E-state index in [-0.39, 0.29) is 5.56 Å². The molecule has 0 saturated carbocycles. The van der Waals surface area contributed by atoms with Gasteiger partial charge in [-0.25, -0.2) is 4.79 Å². The van der Waals surface area contributed by atoms with E-state index in [2.05, 4.69) is 0 Å². The van der Waals surface area contributed by atoms with Gasteiger partial charge in [0.05, 0.1) is 12.6 Å². The Balaban J connectivity index is 2.62. The number of methoxy groups -OCH3 is 1. The van der Waals surface area contributed by atoms with Gasteiger partial charge in [0.1, 0.15) is 24.4 Å². The number of carboxylic acid groups (broad SMARTS) is 1. The van der Waals surface area contributed by atoms with Crippen molar-refractivity contribution in [3.63, 3.8) is 0 Å². The fourth-order valence-electron chi connectivity index (χ4n) is 3.28. The number of nitrogens with two attached hydrogens (primary N) is 1. The highest BCUT2D eigenvalue weighted by molar-refractivity contribution is 5.78. The molecule has 0 aromatic heterocycles. The summed E-state index contributed by atoms with van der Waals surface area (Å²) < 4.78 is 10.4. The van der Waals surface area contributed by atoms with Crippen LogP contribution in [0.1, 0.15) is 5.56 Å². The van der Waals surface area contributed by atoms with E-state index < -0.39 is 54.4 Å². The highest BCUT2D eigenvalue weighted by atomic mass is 16.7. The van der Waals surface area contributed by atoms with Crippen molar-refractivity contribution < 1.29 is 44.9 Å². The van der Waals surface area contributed by atoms with E-state index >= 15 is 0 Å². The van der Waals surface area contributed by atoms with Gasteiger partial charge < -0.3 is 45.8 Å². The Labute approximate surface area is 149 Å². The monoisotopic (exact) mass is 373 g/mol. The summed E-state index contributed by atoms with van der Waals surface area (Å²) in [6.07, 6.45) is -7.17. The molecule has 2 unspecified atom stereocenters. The number of carboxylic acids is 1. The molecule has 7 atom stereocenters. The Hall–Kier alpha value is -1.63. The molecule has 8 N–H and O–H groups in total. The van der Waals surface area contributed by atoms with Gasteiger partial charge in [-0.3, -0.25) is 0 Å².